The normalized spacial score (nSPS) is 15.0. The summed E-state index contributed by atoms with van der Waals surface area (Å²) in [6.45, 7) is 13.1. The highest BCUT2D eigenvalue weighted by molar-refractivity contribution is 4.76. The maximum Gasteiger partial charge on any atom is 0.0613 e. The van der Waals surface area contributed by atoms with E-state index in [9.17, 15) is 0 Å². The van der Waals surface area contributed by atoms with Crippen molar-refractivity contribution in [3.63, 3.8) is 0 Å². The zero-order valence-electron chi connectivity index (χ0n) is 9.98. The molecule has 0 radical (unpaired) electrons. The predicted octanol–water partition coefficient (Wildman–Crippen LogP) is 2.29. The third kappa shape index (κ3) is 5.27. The van der Waals surface area contributed by atoms with Crippen molar-refractivity contribution in [1.82, 2.24) is 5.32 Å². The Kier molecular flexibility index (Phi) is 5.57. The lowest BCUT2D eigenvalue weighted by atomic mass is 9.81. The Hall–Kier alpha value is -0.0800. The van der Waals surface area contributed by atoms with Gasteiger partial charge in [0.25, 0.3) is 0 Å². The summed E-state index contributed by atoms with van der Waals surface area (Å²) in [6, 6.07) is 0.447. The first kappa shape index (κ1) is 12.9. The van der Waals surface area contributed by atoms with E-state index >= 15 is 0 Å². The van der Waals surface area contributed by atoms with Crippen molar-refractivity contribution in [2.75, 3.05) is 20.3 Å². The van der Waals surface area contributed by atoms with Gasteiger partial charge in [-0.1, -0.05) is 27.7 Å². The average Bonchev–Trinajstić information content (AvgIpc) is 2.01. The van der Waals surface area contributed by atoms with Crippen molar-refractivity contribution in [3.8, 4) is 0 Å². The van der Waals surface area contributed by atoms with E-state index in [2.05, 4.69) is 39.9 Å². The van der Waals surface area contributed by atoms with Crippen LogP contribution in [-0.2, 0) is 4.74 Å². The lowest BCUT2D eigenvalue weighted by Crippen LogP contribution is -2.39. The summed E-state index contributed by atoms with van der Waals surface area (Å²) in [5.74, 6) is 0.703. The quantitative estimate of drug-likeness (QED) is 0.689. The first-order valence-corrected chi connectivity index (χ1v) is 5.12. The summed E-state index contributed by atoms with van der Waals surface area (Å²) in [5, 5.41) is 3.48. The van der Waals surface area contributed by atoms with Crippen molar-refractivity contribution >= 4 is 0 Å². The van der Waals surface area contributed by atoms with Crippen LogP contribution in [0.1, 0.15) is 34.6 Å². The van der Waals surface area contributed by atoms with E-state index in [-0.39, 0.29) is 0 Å². The van der Waals surface area contributed by atoms with E-state index in [0.29, 0.717) is 17.4 Å². The minimum atomic E-state index is 0.363. The molecule has 1 atom stereocenters. The Balaban J connectivity index is 3.74. The molecule has 0 aromatic carbocycles. The van der Waals surface area contributed by atoms with E-state index in [1.807, 2.05) is 0 Å². The predicted molar refractivity (Wildman–Crippen MR) is 58.0 cm³/mol. The van der Waals surface area contributed by atoms with Gasteiger partial charge in [-0.05, 0) is 18.3 Å². The summed E-state index contributed by atoms with van der Waals surface area (Å²) >= 11 is 0. The molecule has 13 heavy (non-hydrogen) atoms. The molecule has 0 aliphatic rings. The second kappa shape index (κ2) is 5.61. The van der Waals surface area contributed by atoms with Gasteiger partial charge in [0.2, 0.25) is 0 Å². The van der Waals surface area contributed by atoms with Crippen molar-refractivity contribution in [1.29, 1.82) is 0 Å². The van der Waals surface area contributed by atoms with Crippen molar-refractivity contribution in [3.05, 3.63) is 0 Å². The second-order valence-corrected chi connectivity index (χ2v) is 4.88. The molecule has 1 unspecified atom stereocenters. The monoisotopic (exact) mass is 187 g/mol. The van der Waals surface area contributed by atoms with E-state index in [1.54, 1.807) is 7.11 Å². The van der Waals surface area contributed by atoms with Crippen LogP contribution in [0.3, 0.4) is 0 Å². The summed E-state index contributed by atoms with van der Waals surface area (Å²) in [4.78, 5) is 0. The zero-order chi connectivity index (χ0) is 10.5. The fourth-order valence-corrected chi connectivity index (χ4v) is 0.950. The lowest BCUT2D eigenvalue weighted by Gasteiger charge is -2.31. The first-order valence-electron chi connectivity index (χ1n) is 5.12. The average molecular weight is 187 g/mol. The van der Waals surface area contributed by atoms with Gasteiger partial charge in [-0.2, -0.15) is 0 Å². The third-order valence-corrected chi connectivity index (χ3v) is 2.89. The molecule has 0 aromatic rings. The van der Waals surface area contributed by atoms with Crippen LogP contribution in [0, 0.1) is 11.3 Å². The summed E-state index contributed by atoms with van der Waals surface area (Å²) in [7, 11) is 1.74. The molecule has 0 aliphatic carbocycles. The Morgan fingerprint density at radius 3 is 2.15 bits per heavy atom. The molecule has 2 nitrogen and oxygen atoms in total. The van der Waals surface area contributed by atoms with Crippen LogP contribution in [0.4, 0.5) is 0 Å². The van der Waals surface area contributed by atoms with Gasteiger partial charge in [0.1, 0.15) is 0 Å². The molecule has 0 amide bonds. The number of rotatable bonds is 6. The highest BCUT2D eigenvalue weighted by Gasteiger charge is 2.22. The molecule has 0 rings (SSSR count). The second-order valence-electron chi connectivity index (χ2n) is 4.88. The topological polar surface area (TPSA) is 21.3 Å². The van der Waals surface area contributed by atoms with E-state index in [0.717, 1.165) is 13.2 Å². The molecule has 0 saturated heterocycles. The van der Waals surface area contributed by atoms with Gasteiger partial charge in [0.15, 0.2) is 0 Å². The van der Waals surface area contributed by atoms with Crippen LogP contribution in [-0.4, -0.2) is 26.3 Å². The SMILES string of the molecule is COCC(C)NCC(C)(C)C(C)C. The molecule has 80 valence electrons. The minimum Gasteiger partial charge on any atom is -0.383 e. The van der Waals surface area contributed by atoms with Crippen LogP contribution in [0.5, 0.6) is 0 Å². The van der Waals surface area contributed by atoms with Gasteiger partial charge in [-0.15, -0.1) is 0 Å². The fraction of sp³-hybridized carbons (Fsp3) is 1.00. The Morgan fingerprint density at radius 1 is 1.23 bits per heavy atom. The highest BCUT2D eigenvalue weighted by Crippen LogP contribution is 2.24. The molecular formula is C11H25NO. The Bertz CT molecular complexity index is 132. The Morgan fingerprint density at radius 2 is 1.77 bits per heavy atom. The molecule has 0 spiro atoms. The number of ether oxygens (including phenoxy) is 1. The molecule has 2 heteroatoms. The van der Waals surface area contributed by atoms with Crippen LogP contribution < -0.4 is 5.32 Å². The van der Waals surface area contributed by atoms with Gasteiger partial charge in [-0.25, -0.2) is 0 Å². The molecule has 0 aliphatic heterocycles. The van der Waals surface area contributed by atoms with Crippen molar-refractivity contribution < 1.29 is 4.74 Å². The van der Waals surface area contributed by atoms with E-state index in [4.69, 9.17) is 4.74 Å². The molecule has 0 saturated carbocycles. The maximum absolute atomic E-state index is 5.07. The summed E-state index contributed by atoms with van der Waals surface area (Å²) < 4.78 is 5.07. The molecule has 0 fully saturated rings. The summed E-state index contributed by atoms with van der Waals surface area (Å²) in [6.07, 6.45) is 0. The standard InChI is InChI=1S/C11H25NO/c1-9(2)11(4,5)8-12-10(3)7-13-6/h9-10,12H,7-8H2,1-6H3. The van der Waals surface area contributed by atoms with Gasteiger partial charge in [-0.3, -0.25) is 0 Å². The first-order chi connectivity index (χ1) is 5.90. The number of hydrogen-bond donors (Lipinski definition) is 1. The number of methoxy groups -OCH3 is 1. The molecule has 0 heterocycles. The van der Waals surface area contributed by atoms with Gasteiger partial charge < -0.3 is 10.1 Å². The fourth-order valence-electron chi connectivity index (χ4n) is 0.950. The van der Waals surface area contributed by atoms with Gasteiger partial charge in [0, 0.05) is 19.7 Å². The zero-order valence-corrected chi connectivity index (χ0v) is 9.98. The van der Waals surface area contributed by atoms with Crippen molar-refractivity contribution in [2.24, 2.45) is 11.3 Å². The van der Waals surface area contributed by atoms with Crippen molar-refractivity contribution in [2.45, 2.75) is 40.7 Å². The van der Waals surface area contributed by atoms with E-state index < -0.39 is 0 Å². The van der Waals surface area contributed by atoms with E-state index in [1.165, 1.54) is 0 Å². The van der Waals surface area contributed by atoms with Gasteiger partial charge in [0.05, 0.1) is 6.61 Å². The summed E-state index contributed by atoms with van der Waals surface area (Å²) in [5.41, 5.74) is 0.363. The Labute approximate surface area is 83.1 Å². The smallest absolute Gasteiger partial charge is 0.0613 e. The minimum absolute atomic E-state index is 0.363. The lowest BCUT2D eigenvalue weighted by molar-refractivity contribution is 0.156. The third-order valence-electron chi connectivity index (χ3n) is 2.89. The number of nitrogens with one attached hydrogen (secondary N) is 1. The maximum atomic E-state index is 5.07. The highest BCUT2D eigenvalue weighted by atomic mass is 16.5. The number of hydrogen-bond acceptors (Lipinski definition) is 2. The van der Waals surface area contributed by atoms with Crippen LogP contribution in [0.2, 0.25) is 0 Å². The van der Waals surface area contributed by atoms with Gasteiger partial charge >= 0.3 is 0 Å². The van der Waals surface area contributed by atoms with Crippen LogP contribution in [0.25, 0.3) is 0 Å². The molecule has 0 aromatic heterocycles. The molecular weight excluding hydrogens is 162 g/mol. The van der Waals surface area contributed by atoms with Crippen LogP contribution in [0.15, 0.2) is 0 Å². The van der Waals surface area contributed by atoms with Crippen LogP contribution >= 0.6 is 0 Å². The molecule has 1 N–H and O–H groups in total. The largest absolute Gasteiger partial charge is 0.383 e. The molecule has 0 bridgehead atoms.